The SMILES string of the molecule is Cc1cc(C)c(-c2ccc3c4ccccc4n(-c4cc(C#N)cc(-n5c6ccccc6c6ccc(-c7c(C)cc(C)cc7C)cc65)c4-c4ccc(C(F)(F)F)cc4C)c3c2)c(C)c1. The normalized spacial score (nSPS) is 12.0. The Hall–Kier alpha value is -7.36. The van der Waals surface area contributed by atoms with E-state index in [4.69, 9.17) is 0 Å². The Kier molecular flexibility index (Phi) is 9.24. The predicted molar refractivity (Wildman–Crippen MR) is 254 cm³/mol. The summed E-state index contributed by atoms with van der Waals surface area (Å²) in [5, 5.41) is 15.1. The van der Waals surface area contributed by atoms with Crippen molar-refractivity contribution >= 4 is 43.6 Å². The molecule has 0 N–H and O–H groups in total. The Balaban J connectivity index is 1.38. The molecule has 0 bridgehead atoms. The van der Waals surface area contributed by atoms with Gasteiger partial charge in [0.2, 0.25) is 0 Å². The highest BCUT2D eigenvalue weighted by Gasteiger charge is 2.32. The molecule has 0 fully saturated rings. The fourth-order valence-electron chi connectivity index (χ4n) is 10.5. The summed E-state index contributed by atoms with van der Waals surface area (Å²) in [6.07, 6.45) is -4.52. The highest BCUT2D eigenvalue weighted by atomic mass is 19.4. The van der Waals surface area contributed by atoms with Crippen LogP contribution in [-0.4, -0.2) is 9.13 Å². The molecule has 0 saturated heterocycles. The molecule has 10 aromatic rings. The summed E-state index contributed by atoms with van der Waals surface area (Å²) in [5.74, 6) is 0. The smallest absolute Gasteiger partial charge is 0.308 e. The van der Waals surface area contributed by atoms with Crippen molar-refractivity contribution in [3.8, 4) is 50.8 Å². The van der Waals surface area contributed by atoms with Crippen LogP contribution in [0, 0.1) is 59.8 Å². The molecule has 0 aliphatic carbocycles. The minimum Gasteiger partial charge on any atom is -0.308 e. The summed E-state index contributed by atoms with van der Waals surface area (Å²) in [4.78, 5) is 0. The van der Waals surface area contributed by atoms with Gasteiger partial charge in [0, 0.05) is 27.1 Å². The second kappa shape index (κ2) is 14.6. The lowest BCUT2D eigenvalue weighted by Crippen LogP contribution is -2.08. The molecule has 0 amide bonds. The Bertz CT molecular complexity index is 3350. The first-order valence-corrected chi connectivity index (χ1v) is 21.2. The van der Waals surface area contributed by atoms with Crippen molar-refractivity contribution in [1.82, 2.24) is 9.13 Å². The molecule has 0 atom stereocenters. The number of para-hydroxylation sites is 2. The van der Waals surface area contributed by atoms with Crippen LogP contribution in [0.5, 0.6) is 0 Å². The molecule has 2 heterocycles. The second-order valence-corrected chi connectivity index (χ2v) is 17.2. The van der Waals surface area contributed by atoms with Crippen molar-refractivity contribution in [2.24, 2.45) is 0 Å². The van der Waals surface area contributed by atoms with Gasteiger partial charge in [0.15, 0.2) is 0 Å². The van der Waals surface area contributed by atoms with Gasteiger partial charge in [-0.05, 0) is 153 Å². The minimum absolute atomic E-state index is 0.424. The first-order chi connectivity index (χ1) is 30.2. The highest BCUT2D eigenvalue weighted by molar-refractivity contribution is 6.13. The van der Waals surface area contributed by atoms with E-state index in [1.54, 1.807) is 13.0 Å². The largest absolute Gasteiger partial charge is 0.416 e. The number of hydrogen-bond acceptors (Lipinski definition) is 1. The number of nitrogens with zero attached hydrogens (tertiary/aromatic N) is 3. The quantitative estimate of drug-likeness (QED) is 0.170. The van der Waals surface area contributed by atoms with Gasteiger partial charge in [0.25, 0.3) is 0 Å². The molecule has 2 aromatic heterocycles. The molecule has 0 aliphatic heterocycles. The van der Waals surface area contributed by atoms with Crippen molar-refractivity contribution in [1.29, 1.82) is 5.26 Å². The molecule has 63 heavy (non-hydrogen) atoms. The van der Waals surface area contributed by atoms with E-state index in [0.29, 0.717) is 33.6 Å². The highest BCUT2D eigenvalue weighted by Crippen LogP contribution is 2.46. The maximum absolute atomic E-state index is 14.4. The molecule has 0 unspecified atom stereocenters. The standard InChI is InChI=1S/C57H44F3N3/c1-32-22-35(4)54(36(5)23-32)40-16-19-46-44-12-8-10-14-48(44)62(50(46)29-40)52-27-39(31-61)28-53(56(52)43-21-18-42(26-34(43)3)57(58,59)60)63-49-15-11-9-13-45(49)47-20-17-41(30-51(47)63)55-37(6)24-33(2)25-38(55)7/h8-30H,1-7H3. The van der Waals surface area contributed by atoms with E-state index >= 15 is 0 Å². The van der Waals surface area contributed by atoms with Crippen LogP contribution in [-0.2, 0) is 6.18 Å². The average molecular weight is 828 g/mol. The summed E-state index contributed by atoms with van der Waals surface area (Å²) in [7, 11) is 0. The van der Waals surface area contributed by atoms with E-state index in [1.165, 1.54) is 45.5 Å². The zero-order valence-electron chi connectivity index (χ0n) is 36.3. The topological polar surface area (TPSA) is 33.6 Å². The lowest BCUT2D eigenvalue weighted by molar-refractivity contribution is -0.137. The third-order valence-electron chi connectivity index (χ3n) is 12.8. The molecule has 0 radical (unpaired) electrons. The van der Waals surface area contributed by atoms with Gasteiger partial charge >= 0.3 is 6.18 Å². The summed E-state index contributed by atoms with van der Waals surface area (Å²) in [6, 6.07) is 48.7. The molecular formula is C57H44F3N3. The molecule has 8 aromatic carbocycles. The van der Waals surface area contributed by atoms with Crippen molar-refractivity contribution in [2.45, 2.75) is 54.6 Å². The van der Waals surface area contributed by atoms with Gasteiger partial charge < -0.3 is 9.13 Å². The Morgan fingerprint density at radius 3 is 1.27 bits per heavy atom. The van der Waals surface area contributed by atoms with Gasteiger partial charge in [-0.25, -0.2) is 0 Å². The van der Waals surface area contributed by atoms with Crippen LogP contribution < -0.4 is 0 Å². The maximum atomic E-state index is 14.4. The summed E-state index contributed by atoms with van der Waals surface area (Å²) >= 11 is 0. The fourth-order valence-corrected chi connectivity index (χ4v) is 10.5. The third-order valence-corrected chi connectivity index (χ3v) is 12.8. The maximum Gasteiger partial charge on any atom is 0.416 e. The van der Waals surface area contributed by atoms with Crippen LogP contribution in [0.25, 0.3) is 88.4 Å². The number of aryl methyl sites for hydroxylation is 7. The van der Waals surface area contributed by atoms with Gasteiger partial charge in [-0.2, -0.15) is 18.4 Å². The van der Waals surface area contributed by atoms with Gasteiger partial charge in [0.1, 0.15) is 0 Å². The van der Waals surface area contributed by atoms with Crippen LogP contribution >= 0.6 is 0 Å². The number of fused-ring (bicyclic) bond motifs is 6. The van der Waals surface area contributed by atoms with E-state index in [-0.39, 0.29) is 0 Å². The fraction of sp³-hybridized carbons (Fsp3) is 0.140. The van der Waals surface area contributed by atoms with Gasteiger partial charge in [-0.1, -0.05) is 102 Å². The second-order valence-electron chi connectivity index (χ2n) is 17.2. The Morgan fingerprint density at radius 2 is 0.857 bits per heavy atom. The summed E-state index contributed by atoms with van der Waals surface area (Å²) < 4.78 is 47.5. The first kappa shape index (κ1) is 39.8. The monoisotopic (exact) mass is 827 g/mol. The zero-order valence-corrected chi connectivity index (χ0v) is 36.3. The van der Waals surface area contributed by atoms with E-state index in [1.807, 2.05) is 36.4 Å². The molecule has 0 spiro atoms. The lowest BCUT2D eigenvalue weighted by atomic mass is 9.92. The van der Waals surface area contributed by atoms with E-state index in [0.717, 1.165) is 65.9 Å². The number of hydrogen-bond donors (Lipinski definition) is 0. The van der Waals surface area contributed by atoms with Crippen LogP contribution in [0.3, 0.4) is 0 Å². The van der Waals surface area contributed by atoms with E-state index in [9.17, 15) is 18.4 Å². The molecule has 308 valence electrons. The van der Waals surface area contributed by atoms with Crippen molar-refractivity contribution in [3.63, 3.8) is 0 Å². The van der Waals surface area contributed by atoms with Crippen LogP contribution in [0.1, 0.15) is 50.1 Å². The van der Waals surface area contributed by atoms with Crippen molar-refractivity contribution in [2.75, 3.05) is 0 Å². The molecular weight excluding hydrogens is 784 g/mol. The molecule has 0 aliphatic rings. The molecule has 0 saturated carbocycles. The third kappa shape index (κ3) is 6.41. The molecule has 6 heteroatoms. The molecule has 3 nitrogen and oxygen atoms in total. The van der Waals surface area contributed by atoms with Crippen LogP contribution in [0.4, 0.5) is 13.2 Å². The number of aromatic nitrogens is 2. The number of benzene rings is 8. The van der Waals surface area contributed by atoms with Crippen LogP contribution in [0.15, 0.2) is 140 Å². The Morgan fingerprint density at radius 1 is 0.429 bits per heavy atom. The van der Waals surface area contributed by atoms with Crippen molar-refractivity contribution < 1.29 is 13.2 Å². The number of nitriles is 1. The van der Waals surface area contributed by atoms with Crippen molar-refractivity contribution in [3.05, 3.63) is 190 Å². The first-order valence-electron chi connectivity index (χ1n) is 21.2. The van der Waals surface area contributed by atoms with E-state index in [2.05, 4.69) is 142 Å². The number of rotatable bonds is 5. The zero-order chi connectivity index (χ0) is 44.1. The van der Waals surface area contributed by atoms with E-state index < -0.39 is 11.7 Å². The van der Waals surface area contributed by atoms with Crippen LogP contribution in [0.2, 0.25) is 0 Å². The minimum atomic E-state index is -4.52. The summed E-state index contributed by atoms with van der Waals surface area (Å²) in [6.45, 7) is 14.5. The van der Waals surface area contributed by atoms with Gasteiger partial charge in [0.05, 0.1) is 50.6 Å². The molecule has 10 rings (SSSR count). The lowest BCUT2D eigenvalue weighted by Gasteiger charge is -2.23. The number of halogens is 3. The van der Waals surface area contributed by atoms with Gasteiger partial charge in [-0.15, -0.1) is 0 Å². The predicted octanol–water partition coefficient (Wildman–Crippen LogP) is 15.9. The van der Waals surface area contributed by atoms with Gasteiger partial charge in [-0.3, -0.25) is 0 Å². The average Bonchev–Trinajstić information content (AvgIpc) is 3.74. The Labute approximate surface area is 364 Å². The summed E-state index contributed by atoms with van der Waals surface area (Å²) in [5.41, 5.74) is 18.1. The number of alkyl halides is 3.